The van der Waals surface area contributed by atoms with Crippen LogP contribution in [0.5, 0.6) is 0 Å². The van der Waals surface area contributed by atoms with Crippen LogP contribution < -0.4 is 5.32 Å². The van der Waals surface area contributed by atoms with Gasteiger partial charge in [0.25, 0.3) is 0 Å². The van der Waals surface area contributed by atoms with Gasteiger partial charge in [-0.15, -0.1) is 0 Å². The van der Waals surface area contributed by atoms with Gasteiger partial charge in [0.05, 0.1) is 12.7 Å². The highest BCUT2D eigenvalue weighted by Gasteiger charge is 2.20. The van der Waals surface area contributed by atoms with Crippen LogP contribution in [0.25, 0.3) is 0 Å². The minimum absolute atomic E-state index is 0.144. The number of thiazole rings is 1. The lowest BCUT2D eigenvalue weighted by Gasteiger charge is -2.07. The molecule has 1 heterocycles. The summed E-state index contributed by atoms with van der Waals surface area (Å²) in [6.45, 7) is 6.20. The van der Waals surface area contributed by atoms with Crippen molar-refractivity contribution < 1.29 is 19.4 Å². The Morgan fingerprint density at radius 1 is 1.50 bits per heavy atom. The molecule has 0 fully saturated rings. The van der Waals surface area contributed by atoms with Crippen LogP contribution in [-0.4, -0.2) is 41.1 Å². The number of carbonyl (C=O) groups is 2. The number of carboxylic acids is 1. The number of rotatable bonds is 7. The number of carboxylic acid groups (broad SMARTS) is 1. The number of ether oxygens (including phenoxy) is 1. The van der Waals surface area contributed by atoms with Gasteiger partial charge in [-0.1, -0.05) is 11.3 Å². The molecule has 0 bridgehead atoms. The van der Waals surface area contributed by atoms with Gasteiger partial charge in [-0.25, -0.2) is 9.78 Å². The minimum Gasteiger partial charge on any atom is -0.476 e. The van der Waals surface area contributed by atoms with E-state index in [4.69, 9.17) is 9.84 Å². The van der Waals surface area contributed by atoms with Crippen LogP contribution in [-0.2, 0) is 4.74 Å². The van der Waals surface area contributed by atoms with Crippen molar-refractivity contribution >= 4 is 28.2 Å². The van der Waals surface area contributed by atoms with Crippen LogP contribution in [0.2, 0.25) is 0 Å². The second-order valence-electron chi connectivity index (χ2n) is 3.90. The van der Waals surface area contributed by atoms with E-state index in [1.807, 2.05) is 13.8 Å². The van der Waals surface area contributed by atoms with Gasteiger partial charge in [0.1, 0.15) is 4.88 Å². The molecule has 0 spiro atoms. The van der Waals surface area contributed by atoms with Gasteiger partial charge in [-0.05, 0) is 13.8 Å². The highest BCUT2D eigenvalue weighted by molar-refractivity contribution is 7.17. The molecule has 0 amide bonds. The summed E-state index contributed by atoms with van der Waals surface area (Å²) in [6.07, 6.45) is 0.144. The Balaban J connectivity index is 2.65. The van der Waals surface area contributed by atoms with Crippen molar-refractivity contribution in [3.8, 4) is 0 Å². The quantitative estimate of drug-likeness (QED) is 0.582. The average Bonchev–Trinajstić information content (AvgIpc) is 2.68. The Bertz CT molecular complexity index is 411. The Kier molecular flexibility index (Phi) is 5.24. The average molecular weight is 272 g/mol. The number of hydrogen-bond donors (Lipinski definition) is 2. The van der Waals surface area contributed by atoms with E-state index in [9.17, 15) is 9.59 Å². The van der Waals surface area contributed by atoms with E-state index in [1.54, 1.807) is 0 Å². The molecule has 0 atom stereocenters. The van der Waals surface area contributed by atoms with Crippen molar-refractivity contribution in [2.75, 3.05) is 18.5 Å². The molecule has 0 aromatic carbocycles. The van der Waals surface area contributed by atoms with E-state index >= 15 is 0 Å². The Labute approximate surface area is 109 Å². The van der Waals surface area contributed by atoms with Crippen molar-refractivity contribution in [1.29, 1.82) is 0 Å². The van der Waals surface area contributed by atoms with E-state index in [2.05, 4.69) is 10.3 Å². The predicted molar refractivity (Wildman–Crippen MR) is 68.7 cm³/mol. The van der Waals surface area contributed by atoms with Crippen LogP contribution in [0.1, 0.15) is 40.9 Å². The first-order valence-corrected chi connectivity index (χ1v) is 6.34. The van der Waals surface area contributed by atoms with Gasteiger partial charge < -0.3 is 15.2 Å². The zero-order valence-electron chi connectivity index (χ0n) is 10.5. The Morgan fingerprint density at radius 3 is 2.61 bits per heavy atom. The second-order valence-corrected chi connectivity index (χ2v) is 4.90. The summed E-state index contributed by atoms with van der Waals surface area (Å²) in [5.41, 5.74) is -0.195. The summed E-state index contributed by atoms with van der Waals surface area (Å²) in [6, 6.07) is 0. The fourth-order valence-electron chi connectivity index (χ4n) is 1.23. The number of nitrogens with zero attached hydrogens (tertiary/aromatic N) is 1. The molecule has 0 aliphatic rings. The normalized spacial score (nSPS) is 10.7. The van der Waals surface area contributed by atoms with Crippen molar-refractivity contribution in [2.45, 2.75) is 26.9 Å². The molecule has 0 radical (unpaired) electrons. The van der Waals surface area contributed by atoms with Gasteiger partial charge in [-0.3, -0.25) is 4.79 Å². The molecule has 0 aliphatic carbocycles. The standard InChI is InChI=1S/C11H16N2O4S/c1-6(2)17-5-4-12-11-13-8(10(15)16)9(18-11)7(3)14/h6H,4-5H2,1-3H3,(H,12,13)(H,15,16). The largest absolute Gasteiger partial charge is 0.476 e. The number of Topliss-reactive ketones (excluding diaryl/α,β-unsaturated/α-hetero) is 1. The molecular weight excluding hydrogens is 256 g/mol. The lowest BCUT2D eigenvalue weighted by molar-refractivity contribution is 0.0687. The molecule has 7 heteroatoms. The molecule has 6 nitrogen and oxygen atoms in total. The SMILES string of the molecule is CC(=O)c1sc(NCCOC(C)C)nc1C(=O)O. The predicted octanol–water partition coefficient (Wildman–Crippen LogP) is 1.88. The maximum atomic E-state index is 11.3. The third-order valence-corrected chi connectivity index (χ3v) is 3.09. The lowest BCUT2D eigenvalue weighted by atomic mass is 10.3. The van der Waals surface area contributed by atoms with Crippen LogP contribution in [0.15, 0.2) is 0 Å². The highest BCUT2D eigenvalue weighted by atomic mass is 32.1. The molecule has 1 aromatic heterocycles. The first-order chi connectivity index (χ1) is 8.41. The van der Waals surface area contributed by atoms with Crippen LogP contribution in [0.3, 0.4) is 0 Å². The van der Waals surface area contributed by atoms with Gasteiger partial charge in [0.15, 0.2) is 16.6 Å². The molecule has 100 valence electrons. The summed E-state index contributed by atoms with van der Waals surface area (Å²) < 4.78 is 5.33. The summed E-state index contributed by atoms with van der Waals surface area (Å²) in [5, 5.41) is 12.3. The van der Waals surface area contributed by atoms with Crippen molar-refractivity contribution in [3.63, 3.8) is 0 Å². The van der Waals surface area contributed by atoms with E-state index in [0.29, 0.717) is 18.3 Å². The molecule has 0 unspecified atom stereocenters. The number of anilines is 1. The topological polar surface area (TPSA) is 88.5 Å². The fourth-order valence-corrected chi connectivity index (χ4v) is 2.11. The lowest BCUT2D eigenvalue weighted by Crippen LogP contribution is -2.13. The van der Waals surface area contributed by atoms with Gasteiger partial charge in [-0.2, -0.15) is 0 Å². The molecule has 0 aliphatic heterocycles. The van der Waals surface area contributed by atoms with E-state index < -0.39 is 5.97 Å². The summed E-state index contributed by atoms with van der Waals surface area (Å²) >= 11 is 1.05. The van der Waals surface area contributed by atoms with E-state index in [1.165, 1.54) is 6.92 Å². The molecule has 2 N–H and O–H groups in total. The summed E-state index contributed by atoms with van der Waals surface area (Å²) in [4.78, 5) is 26.2. The molecule has 0 saturated heterocycles. The molecular formula is C11H16N2O4S. The van der Waals surface area contributed by atoms with Gasteiger partial charge >= 0.3 is 5.97 Å². The zero-order valence-corrected chi connectivity index (χ0v) is 11.3. The number of hydrogen-bond acceptors (Lipinski definition) is 6. The number of aromatic carboxylic acids is 1. The van der Waals surface area contributed by atoms with Crippen LogP contribution in [0, 0.1) is 0 Å². The third-order valence-electron chi connectivity index (χ3n) is 1.98. The highest BCUT2D eigenvalue weighted by Crippen LogP contribution is 2.23. The molecule has 1 rings (SSSR count). The minimum atomic E-state index is -1.19. The summed E-state index contributed by atoms with van der Waals surface area (Å²) in [7, 11) is 0. The Morgan fingerprint density at radius 2 is 2.17 bits per heavy atom. The van der Waals surface area contributed by atoms with Crippen molar-refractivity contribution in [1.82, 2.24) is 4.98 Å². The monoisotopic (exact) mass is 272 g/mol. The molecule has 18 heavy (non-hydrogen) atoms. The maximum Gasteiger partial charge on any atom is 0.356 e. The van der Waals surface area contributed by atoms with E-state index in [0.717, 1.165) is 11.3 Å². The van der Waals surface area contributed by atoms with E-state index in [-0.39, 0.29) is 22.5 Å². The smallest absolute Gasteiger partial charge is 0.356 e. The maximum absolute atomic E-state index is 11.3. The first-order valence-electron chi connectivity index (χ1n) is 5.52. The number of ketones is 1. The fraction of sp³-hybridized carbons (Fsp3) is 0.545. The second kappa shape index (κ2) is 6.46. The molecule has 1 aromatic rings. The number of nitrogens with one attached hydrogen (secondary N) is 1. The number of aromatic nitrogens is 1. The third kappa shape index (κ3) is 4.08. The van der Waals surface area contributed by atoms with Crippen LogP contribution in [0.4, 0.5) is 5.13 Å². The summed E-state index contributed by atoms with van der Waals surface area (Å²) in [5.74, 6) is -1.49. The molecule has 0 saturated carbocycles. The Hall–Kier alpha value is -1.47. The zero-order chi connectivity index (χ0) is 13.7. The first kappa shape index (κ1) is 14.6. The van der Waals surface area contributed by atoms with Crippen molar-refractivity contribution in [3.05, 3.63) is 10.6 Å². The number of carbonyl (C=O) groups excluding carboxylic acids is 1. The van der Waals surface area contributed by atoms with Crippen LogP contribution >= 0.6 is 11.3 Å². The van der Waals surface area contributed by atoms with Crippen molar-refractivity contribution in [2.24, 2.45) is 0 Å². The van der Waals surface area contributed by atoms with Gasteiger partial charge in [0, 0.05) is 13.5 Å². The van der Waals surface area contributed by atoms with Gasteiger partial charge in [0.2, 0.25) is 0 Å².